The molecule has 1 aliphatic heterocycles. The molecule has 1 heterocycles. The zero-order valence-electron chi connectivity index (χ0n) is 11.2. The van der Waals surface area contributed by atoms with Crippen LogP contribution in [-0.4, -0.2) is 66.5 Å². The highest BCUT2D eigenvalue weighted by molar-refractivity contribution is 5.74. The fourth-order valence-corrected chi connectivity index (χ4v) is 2.92. The zero-order chi connectivity index (χ0) is 12.3. The van der Waals surface area contributed by atoms with Gasteiger partial charge in [0.25, 0.3) is 0 Å². The van der Waals surface area contributed by atoms with E-state index in [9.17, 15) is 4.79 Å². The molecule has 98 valence electrons. The second-order valence-electron chi connectivity index (χ2n) is 5.26. The van der Waals surface area contributed by atoms with Crippen molar-refractivity contribution in [3.05, 3.63) is 0 Å². The minimum atomic E-state index is 0.193. The molecule has 1 saturated heterocycles. The van der Waals surface area contributed by atoms with E-state index in [1.165, 1.54) is 25.7 Å². The van der Waals surface area contributed by atoms with Crippen LogP contribution >= 0.6 is 0 Å². The summed E-state index contributed by atoms with van der Waals surface area (Å²) < 4.78 is 0. The molecule has 0 aromatic carbocycles. The Morgan fingerprint density at radius 3 is 2.29 bits per heavy atom. The summed E-state index contributed by atoms with van der Waals surface area (Å²) in [4.78, 5) is 18.4. The van der Waals surface area contributed by atoms with Gasteiger partial charge in [0.15, 0.2) is 0 Å². The molecule has 1 aliphatic carbocycles. The van der Waals surface area contributed by atoms with Crippen molar-refractivity contribution in [2.75, 3.05) is 39.8 Å². The number of carbonyl (C=O) groups is 1. The Labute approximate surface area is 105 Å². The van der Waals surface area contributed by atoms with Crippen LogP contribution in [-0.2, 0) is 0 Å². The van der Waals surface area contributed by atoms with Crippen molar-refractivity contribution in [3.63, 3.8) is 0 Å². The van der Waals surface area contributed by atoms with Crippen molar-refractivity contribution in [2.24, 2.45) is 0 Å². The van der Waals surface area contributed by atoms with E-state index in [-0.39, 0.29) is 6.03 Å². The van der Waals surface area contributed by atoms with Crippen LogP contribution in [0.3, 0.4) is 0 Å². The summed E-state index contributed by atoms with van der Waals surface area (Å²) in [7, 11) is 1.88. The van der Waals surface area contributed by atoms with E-state index in [1.807, 2.05) is 18.9 Å². The third-order valence-electron chi connectivity index (χ3n) is 4.23. The van der Waals surface area contributed by atoms with E-state index in [1.54, 1.807) is 4.90 Å². The van der Waals surface area contributed by atoms with Gasteiger partial charge in [-0.3, -0.25) is 4.90 Å². The van der Waals surface area contributed by atoms with E-state index < -0.39 is 0 Å². The van der Waals surface area contributed by atoms with Gasteiger partial charge in [0, 0.05) is 45.8 Å². The maximum atomic E-state index is 12.0. The maximum absolute atomic E-state index is 12.0. The molecule has 2 aliphatic rings. The summed E-state index contributed by atoms with van der Waals surface area (Å²) >= 11 is 0. The predicted octanol–water partition coefficient (Wildman–Crippen LogP) is 1.62. The fourth-order valence-electron chi connectivity index (χ4n) is 2.92. The van der Waals surface area contributed by atoms with E-state index in [0.29, 0.717) is 0 Å². The van der Waals surface area contributed by atoms with Crippen molar-refractivity contribution < 1.29 is 4.79 Å². The summed E-state index contributed by atoms with van der Waals surface area (Å²) in [5.74, 6) is 0. The Hall–Kier alpha value is -0.770. The molecule has 0 aromatic rings. The molecule has 0 bridgehead atoms. The van der Waals surface area contributed by atoms with Gasteiger partial charge in [-0.2, -0.15) is 0 Å². The van der Waals surface area contributed by atoms with Gasteiger partial charge in [0.1, 0.15) is 0 Å². The SMILES string of the molecule is CCN(C)C(=O)N1CCN(C2CCCC2)CC1. The molecular formula is C13H25N3O. The molecule has 4 nitrogen and oxygen atoms in total. The van der Waals surface area contributed by atoms with Crippen LogP contribution in [0.1, 0.15) is 32.6 Å². The molecule has 0 spiro atoms. The Morgan fingerprint density at radius 2 is 1.76 bits per heavy atom. The fraction of sp³-hybridized carbons (Fsp3) is 0.923. The van der Waals surface area contributed by atoms with Crippen molar-refractivity contribution in [2.45, 2.75) is 38.6 Å². The average Bonchev–Trinajstić information content (AvgIpc) is 2.91. The Balaban J connectivity index is 1.79. The number of nitrogens with zero attached hydrogens (tertiary/aromatic N) is 3. The highest BCUT2D eigenvalue weighted by atomic mass is 16.2. The van der Waals surface area contributed by atoms with Crippen LogP contribution in [0.25, 0.3) is 0 Å². The van der Waals surface area contributed by atoms with Crippen molar-refractivity contribution >= 4 is 6.03 Å². The summed E-state index contributed by atoms with van der Waals surface area (Å²) in [6.45, 7) is 6.75. The summed E-state index contributed by atoms with van der Waals surface area (Å²) in [6, 6.07) is 0.995. The van der Waals surface area contributed by atoms with E-state index >= 15 is 0 Å². The highest BCUT2D eigenvalue weighted by Gasteiger charge is 2.28. The minimum absolute atomic E-state index is 0.193. The number of piperazine rings is 1. The topological polar surface area (TPSA) is 26.8 Å². The molecule has 2 rings (SSSR count). The molecule has 4 heteroatoms. The first-order chi connectivity index (χ1) is 8.22. The van der Waals surface area contributed by atoms with Crippen molar-refractivity contribution in [1.29, 1.82) is 0 Å². The quantitative estimate of drug-likeness (QED) is 0.732. The molecule has 17 heavy (non-hydrogen) atoms. The summed E-state index contributed by atoms with van der Waals surface area (Å²) in [5.41, 5.74) is 0. The number of hydrogen-bond acceptors (Lipinski definition) is 2. The number of carbonyl (C=O) groups excluding carboxylic acids is 1. The smallest absolute Gasteiger partial charge is 0.319 e. The molecule has 0 N–H and O–H groups in total. The standard InChI is InChI=1S/C13H25N3O/c1-3-14(2)13(17)16-10-8-15(9-11-16)12-6-4-5-7-12/h12H,3-11H2,1-2H3. The van der Waals surface area contributed by atoms with E-state index in [0.717, 1.165) is 38.8 Å². The van der Waals surface area contributed by atoms with Crippen molar-refractivity contribution in [1.82, 2.24) is 14.7 Å². The first-order valence-corrected chi connectivity index (χ1v) is 6.96. The van der Waals surface area contributed by atoms with E-state index in [4.69, 9.17) is 0 Å². The lowest BCUT2D eigenvalue weighted by Gasteiger charge is -2.39. The maximum Gasteiger partial charge on any atom is 0.319 e. The van der Waals surface area contributed by atoms with E-state index in [2.05, 4.69) is 4.90 Å². The van der Waals surface area contributed by atoms with Crippen LogP contribution in [0.15, 0.2) is 0 Å². The molecule has 0 aromatic heterocycles. The number of hydrogen-bond donors (Lipinski definition) is 0. The lowest BCUT2D eigenvalue weighted by Crippen LogP contribution is -2.54. The van der Waals surface area contributed by atoms with Gasteiger partial charge in [-0.1, -0.05) is 12.8 Å². The minimum Gasteiger partial charge on any atom is -0.328 e. The first kappa shape index (κ1) is 12.7. The predicted molar refractivity (Wildman–Crippen MR) is 69.1 cm³/mol. The second kappa shape index (κ2) is 5.71. The third-order valence-corrected chi connectivity index (χ3v) is 4.23. The van der Waals surface area contributed by atoms with Crippen LogP contribution < -0.4 is 0 Å². The van der Waals surface area contributed by atoms with Gasteiger partial charge in [-0.05, 0) is 19.8 Å². The normalized spacial score (nSPS) is 23.1. The highest BCUT2D eigenvalue weighted by Crippen LogP contribution is 2.24. The van der Waals surface area contributed by atoms with Crippen LogP contribution in [0.5, 0.6) is 0 Å². The Morgan fingerprint density at radius 1 is 1.18 bits per heavy atom. The van der Waals surface area contributed by atoms with Crippen LogP contribution in [0.4, 0.5) is 4.79 Å². The summed E-state index contributed by atoms with van der Waals surface area (Å²) in [6.07, 6.45) is 5.51. The molecule has 0 radical (unpaired) electrons. The third kappa shape index (κ3) is 2.92. The van der Waals surface area contributed by atoms with Gasteiger partial charge < -0.3 is 9.80 Å². The number of amides is 2. The van der Waals surface area contributed by atoms with Gasteiger partial charge in [0.2, 0.25) is 0 Å². The Bertz CT molecular complexity index is 255. The van der Waals surface area contributed by atoms with Gasteiger partial charge in [-0.15, -0.1) is 0 Å². The molecule has 2 fully saturated rings. The zero-order valence-corrected chi connectivity index (χ0v) is 11.2. The Kier molecular flexibility index (Phi) is 4.26. The molecule has 0 atom stereocenters. The van der Waals surface area contributed by atoms with Crippen LogP contribution in [0.2, 0.25) is 0 Å². The lowest BCUT2D eigenvalue weighted by atomic mass is 10.2. The number of urea groups is 1. The second-order valence-corrected chi connectivity index (χ2v) is 5.26. The van der Waals surface area contributed by atoms with Gasteiger partial charge >= 0.3 is 6.03 Å². The molecule has 1 saturated carbocycles. The molecule has 0 unspecified atom stereocenters. The summed E-state index contributed by atoms with van der Waals surface area (Å²) in [5, 5.41) is 0. The largest absolute Gasteiger partial charge is 0.328 e. The first-order valence-electron chi connectivity index (χ1n) is 6.96. The monoisotopic (exact) mass is 239 g/mol. The van der Waals surface area contributed by atoms with Crippen LogP contribution in [0, 0.1) is 0 Å². The molecular weight excluding hydrogens is 214 g/mol. The van der Waals surface area contributed by atoms with Gasteiger partial charge in [0.05, 0.1) is 0 Å². The number of rotatable bonds is 2. The molecule has 2 amide bonds. The average molecular weight is 239 g/mol. The lowest BCUT2D eigenvalue weighted by molar-refractivity contribution is 0.0965. The van der Waals surface area contributed by atoms with Crippen molar-refractivity contribution in [3.8, 4) is 0 Å². The van der Waals surface area contributed by atoms with Gasteiger partial charge in [-0.25, -0.2) is 4.79 Å².